The third kappa shape index (κ3) is 4.98. The molecule has 1 amide bonds. The molecule has 0 fully saturated rings. The lowest BCUT2D eigenvalue weighted by molar-refractivity contribution is -0.136. The number of aromatic hydroxyl groups is 1. The number of likely N-dealkylation sites (N-methyl/N-ethyl adjacent to an activating group) is 1. The fourth-order valence-electron chi connectivity index (χ4n) is 5.49. The number of rotatable bonds is 9. The van der Waals surface area contributed by atoms with Gasteiger partial charge in [-0.05, 0) is 62.9 Å². The van der Waals surface area contributed by atoms with Crippen molar-refractivity contribution in [2.75, 3.05) is 20.7 Å². The van der Waals surface area contributed by atoms with Crippen LogP contribution < -0.4 is 11.1 Å². The number of hydrogen-bond acceptors (Lipinski definition) is 8. The SMILES string of the molecule is CC(C)NCc1ccc(O)c2c1C[C@H]1C[C@@H](C(CO)N(C)C)C(C(=O)C(C)C(N)=O)C(O)=C1C2=O. The van der Waals surface area contributed by atoms with E-state index in [1.54, 1.807) is 25.1 Å². The fourth-order valence-corrected chi connectivity index (χ4v) is 5.49. The molecule has 3 unspecified atom stereocenters. The Morgan fingerprint density at radius 2 is 1.86 bits per heavy atom. The summed E-state index contributed by atoms with van der Waals surface area (Å²) >= 11 is 0. The first-order valence-electron chi connectivity index (χ1n) is 12.1. The molecule has 1 aromatic carbocycles. The molecule has 192 valence electrons. The van der Waals surface area contributed by atoms with Crippen LogP contribution in [0.2, 0.25) is 0 Å². The van der Waals surface area contributed by atoms with E-state index in [9.17, 15) is 29.7 Å². The Morgan fingerprint density at radius 1 is 1.20 bits per heavy atom. The van der Waals surface area contributed by atoms with Gasteiger partial charge in [0.05, 0.1) is 24.0 Å². The van der Waals surface area contributed by atoms with Gasteiger partial charge in [0.1, 0.15) is 11.5 Å². The largest absolute Gasteiger partial charge is 0.511 e. The molecule has 0 spiro atoms. The van der Waals surface area contributed by atoms with Crippen LogP contribution in [0.4, 0.5) is 0 Å². The number of aliphatic hydroxyl groups excluding tert-OH is 2. The molecule has 35 heavy (non-hydrogen) atoms. The Kier molecular flexibility index (Phi) is 8.03. The molecule has 2 aliphatic carbocycles. The molecule has 0 heterocycles. The summed E-state index contributed by atoms with van der Waals surface area (Å²) in [5.74, 6) is -5.74. The number of amides is 1. The second kappa shape index (κ2) is 10.5. The number of aliphatic hydroxyl groups is 2. The average molecular weight is 488 g/mol. The molecule has 9 nitrogen and oxygen atoms in total. The Morgan fingerprint density at radius 3 is 2.40 bits per heavy atom. The van der Waals surface area contributed by atoms with E-state index in [2.05, 4.69) is 5.32 Å². The maximum absolute atomic E-state index is 13.7. The van der Waals surface area contributed by atoms with Gasteiger partial charge in [0, 0.05) is 24.2 Å². The molecular weight excluding hydrogens is 450 g/mol. The monoisotopic (exact) mass is 487 g/mol. The molecule has 0 saturated carbocycles. The van der Waals surface area contributed by atoms with Gasteiger partial charge < -0.3 is 31.3 Å². The van der Waals surface area contributed by atoms with Crippen molar-refractivity contribution in [3.8, 4) is 5.75 Å². The number of phenolic OH excluding ortho intramolecular Hbond substituents is 1. The lowest BCUT2D eigenvalue weighted by Crippen LogP contribution is -2.50. The quantitative estimate of drug-likeness (QED) is 0.327. The maximum Gasteiger partial charge on any atom is 0.227 e. The molecule has 0 aliphatic heterocycles. The maximum atomic E-state index is 13.7. The van der Waals surface area contributed by atoms with E-state index in [0.717, 1.165) is 11.1 Å². The van der Waals surface area contributed by atoms with Crippen LogP contribution in [0.3, 0.4) is 0 Å². The van der Waals surface area contributed by atoms with Crippen molar-refractivity contribution in [1.82, 2.24) is 10.2 Å². The zero-order chi connectivity index (χ0) is 26.2. The van der Waals surface area contributed by atoms with Crippen LogP contribution in [0.1, 0.15) is 48.7 Å². The number of benzene rings is 1. The van der Waals surface area contributed by atoms with Crippen LogP contribution >= 0.6 is 0 Å². The van der Waals surface area contributed by atoms with E-state index in [-0.39, 0.29) is 35.3 Å². The molecule has 2 aliphatic rings. The van der Waals surface area contributed by atoms with Crippen molar-refractivity contribution in [2.24, 2.45) is 29.4 Å². The summed E-state index contributed by atoms with van der Waals surface area (Å²) in [6.07, 6.45) is 0.751. The molecule has 3 rings (SSSR count). The molecule has 6 N–H and O–H groups in total. The molecule has 9 heteroatoms. The number of fused-ring (bicyclic) bond motifs is 2. The van der Waals surface area contributed by atoms with E-state index < -0.39 is 47.2 Å². The smallest absolute Gasteiger partial charge is 0.227 e. The first-order valence-corrected chi connectivity index (χ1v) is 12.1. The molecule has 5 atom stereocenters. The minimum atomic E-state index is -1.17. The van der Waals surface area contributed by atoms with Crippen molar-refractivity contribution in [3.63, 3.8) is 0 Å². The first-order chi connectivity index (χ1) is 16.4. The number of carbonyl (C=O) groups is 3. The number of Topliss-reactive ketones (excluding diaryl/α,β-unsaturated/α-hetero) is 2. The Balaban J connectivity index is 2.16. The summed E-state index contributed by atoms with van der Waals surface area (Å²) in [7, 11) is 3.54. The van der Waals surface area contributed by atoms with Gasteiger partial charge in [-0.3, -0.25) is 14.4 Å². The van der Waals surface area contributed by atoms with E-state index >= 15 is 0 Å². The minimum Gasteiger partial charge on any atom is -0.511 e. The summed E-state index contributed by atoms with van der Waals surface area (Å²) < 4.78 is 0. The summed E-state index contributed by atoms with van der Waals surface area (Å²) in [6, 6.07) is 3.00. The van der Waals surface area contributed by atoms with E-state index in [0.29, 0.717) is 19.4 Å². The Hall–Kier alpha value is -2.75. The summed E-state index contributed by atoms with van der Waals surface area (Å²) in [5, 5.41) is 35.4. The number of carbonyl (C=O) groups excluding carboxylic acids is 3. The molecule has 0 radical (unpaired) electrons. The second-order valence-corrected chi connectivity index (χ2v) is 10.3. The summed E-state index contributed by atoms with van der Waals surface area (Å²) in [5.41, 5.74) is 7.25. The number of allylic oxidation sites excluding steroid dienone is 2. The average Bonchev–Trinajstić information content (AvgIpc) is 2.77. The van der Waals surface area contributed by atoms with Gasteiger partial charge in [0.25, 0.3) is 0 Å². The molecule has 0 bridgehead atoms. The molecule has 0 saturated heterocycles. The van der Waals surface area contributed by atoms with Gasteiger partial charge in [-0.1, -0.05) is 19.9 Å². The normalized spacial score (nSPS) is 23.8. The molecular formula is C26H37N3O6. The number of nitrogens with two attached hydrogens (primary N) is 1. The number of ketones is 2. The van der Waals surface area contributed by atoms with Crippen LogP contribution in [-0.4, -0.2) is 70.5 Å². The predicted molar refractivity (Wildman–Crippen MR) is 131 cm³/mol. The van der Waals surface area contributed by atoms with Crippen LogP contribution in [0.15, 0.2) is 23.5 Å². The Bertz CT molecular complexity index is 1050. The van der Waals surface area contributed by atoms with Crippen LogP contribution in [-0.2, 0) is 22.6 Å². The molecule has 1 aromatic rings. The summed E-state index contributed by atoms with van der Waals surface area (Å²) in [6.45, 7) is 5.67. The van der Waals surface area contributed by atoms with Gasteiger partial charge in [0.15, 0.2) is 11.6 Å². The fraction of sp³-hybridized carbons (Fsp3) is 0.577. The van der Waals surface area contributed by atoms with E-state index in [4.69, 9.17) is 5.73 Å². The van der Waals surface area contributed by atoms with E-state index in [1.165, 1.54) is 13.0 Å². The predicted octanol–water partition coefficient (Wildman–Crippen LogP) is 1.31. The lowest BCUT2D eigenvalue weighted by atomic mass is 9.62. The van der Waals surface area contributed by atoms with Crippen molar-refractivity contribution >= 4 is 17.5 Å². The van der Waals surface area contributed by atoms with Gasteiger partial charge in [-0.15, -0.1) is 0 Å². The second-order valence-electron chi connectivity index (χ2n) is 10.3. The van der Waals surface area contributed by atoms with Crippen LogP contribution in [0.25, 0.3) is 0 Å². The zero-order valence-electron chi connectivity index (χ0n) is 21.0. The third-order valence-electron chi connectivity index (χ3n) is 7.48. The van der Waals surface area contributed by atoms with Crippen molar-refractivity contribution in [3.05, 3.63) is 40.2 Å². The summed E-state index contributed by atoms with van der Waals surface area (Å²) in [4.78, 5) is 40.6. The van der Waals surface area contributed by atoms with Gasteiger partial charge in [-0.2, -0.15) is 0 Å². The zero-order valence-corrected chi connectivity index (χ0v) is 21.0. The van der Waals surface area contributed by atoms with Crippen LogP contribution in [0, 0.1) is 23.7 Å². The van der Waals surface area contributed by atoms with Crippen LogP contribution in [0.5, 0.6) is 5.75 Å². The highest BCUT2D eigenvalue weighted by atomic mass is 16.3. The number of nitrogens with one attached hydrogen (secondary N) is 1. The van der Waals surface area contributed by atoms with Gasteiger partial charge in [0.2, 0.25) is 5.91 Å². The lowest BCUT2D eigenvalue weighted by Gasteiger charge is -2.44. The highest BCUT2D eigenvalue weighted by Crippen LogP contribution is 2.48. The number of phenols is 1. The number of primary amides is 1. The number of hydrogen-bond donors (Lipinski definition) is 5. The molecule has 0 aromatic heterocycles. The first kappa shape index (κ1) is 26.8. The Labute approximate surface area is 206 Å². The van der Waals surface area contributed by atoms with Gasteiger partial charge >= 0.3 is 0 Å². The topological polar surface area (TPSA) is 153 Å². The van der Waals surface area contributed by atoms with Crippen molar-refractivity contribution < 1.29 is 29.7 Å². The van der Waals surface area contributed by atoms with Crippen molar-refractivity contribution in [2.45, 2.75) is 52.2 Å². The highest BCUT2D eigenvalue weighted by Gasteiger charge is 2.50. The standard InChI is InChI=1S/C26H37N3O6/c1-12(2)28-10-14-6-7-19(31)21-16(14)8-15-9-17(18(11-30)29(4)5)22(23(32)13(3)26(27)35)25(34)20(15)24(21)33/h6-7,12-13,15,17-18,22,28,30-31,34H,8-11H2,1-5H3,(H2,27,35)/t13?,15-,17-,18?,22?/m0/s1. The van der Waals surface area contributed by atoms with Crippen molar-refractivity contribution in [1.29, 1.82) is 0 Å². The third-order valence-corrected chi connectivity index (χ3v) is 7.48. The minimum absolute atomic E-state index is 0.100. The van der Waals surface area contributed by atoms with Gasteiger partial charge in [-0.25, -0.2) is 0 Å². The highest BCUT2D eigenvalue weighted by molar-refractivity contribution is 6.14. The van der Waals surface area contributed by atoms with E-state index in [1.807, 2.05) is 13.8 Å². The number of nitrogens with zero attached hydrogens (tertiary/aromatic N) is 1.